The summed E-state index contributed by atoms with van der Waals surface area (Å²) in [6.45, 7) is 2.69. The van der Waals surface area contributed by atoms with Gasteiger partial charge in [0.2, 0.25) is 0 Å². The van der Waals surface area contributed by atoms with Gasteiger partial charge >= 0.3 is 6.09 Å². The van der Waals surface area contributed by atoms with Gasteiger partial charge in [-0.15, -0.1) is 0 Å². The van der Waals surface area contributed by atoms with Gasteiger partial charge in [0.15, 0.2) is 0 Å². The molecule has 0 saturated heterocycles. The van der Waals surface area contributed by atoms with Crippen LogP contribution in [0.1, 0.15) is 12.5 Å². The predicted molar refractivity (Wildman–Crippen MR) is 126 cm³/mol. The Kier molecular flexibility index (Phi) is 5.86. The first-order valence-electron chi connectivity index (χ1n) is 10.1. The van der Waals surface area contributed by atoms with Crippen LogP contribution in [0.25, 0.3) is 22.2 Å². The van der Waals surface area contributed by atoms with E-state index >= 15 is 0 Å². The lowest BCUT2D eigenvalue weighted by molar-refractivity contribution is 0.215. The third-order valence-corrected chi connectivity index (χ3v) is 5.17. The molecule has 6 nitrogen and oxygen atoms in total. The Labute approximate surface area is 187 Å². The number of carbonyl (C=O) groups is 1. The molecule has 4 aromatic rings. The summed E-state index contributed by atoms with van der Waals surface area (Å²) < 4.78 is 12.7. The lowest BCUT2D eigenvalue weighted by Gasteiger charge is -2.11. The highest BCUT2D eigenvalue weighted by Crippen LogP contribution is 2.36. The van der Waals surface area contributed by atoms with Crippen molar-refractivity contribution in [1.82, 2.24) is 4.57 Å². The molecule has 0 aliphatic rings. The normalized spacial score (nSPS) is 10.5. The Morgan fingerprint density at radius 3 is 2.53 bits per heavy atom. The number of methoxy groups -OCH3 is 1. The average molecular weight is 421 g/mol. The molecule has 2 radical (unpaired) electrons. The van der Waals surface area contributed by atoms with Gasteiger partial charge in [-0.1, -0.05) is 29.7 Å². The second-order valence-electron chi connectivity index (χ2n) is 7.13. The third kappa shape index (κ3) is 4.03. The van der Waals surface area contributed by atoms with Crippen molar-refractivity contribution >= 4 is 36.0 Å². The minimum atomic E-state index is -0.617. The summed E-state index contributed by atoms with van der Waals surface area (Å²) in [4.78, 5) is 12.3. The van der Waals surface area contributed by atoms with Crippen LogP contribution in [0.5, 0.6) is 11.5 Å². The number of amides is 1. The molecule has 0 fully saturated rings. The molecule has 0 spiro atoms. The van der Waals surface area contributed by atoms with Crippen LogP contribution in [0.4, 0.5) is 10.5 Å². The van der Waals surface area contributed by atoms with E-state index < -0.39 is 6.09 Å². The number of anilines is 1. The highest BCUT2D eigenvalue weighted by Gasteiger charge is 2.19. The van der Waals surface area contributed by atoms with Crippen molar-refractivity contribution in [3.8, 4) is 28.8 Å². The Morgan fingerprint density at radius 2 is 1.84 bits per heavy atom. The van der Waals surface area contributed by atoms with Crippen LogP contribution < -0.4 is 20.3 Å². The first kappa shape index (κ1) is 21.1. The Hall–Kier alpha value is -4.18. The number of hydrogen-bond donors (Lipinski definition) is 1. The van der Waals surface area contributed by atoms with Crippen LogP contribution in [0.2, 0.25) is 0 Å². The van der Waals surface area contributed by atoms with Crippen molar-refractivity contribution in [3.63, 3.8) is 0 Å². The Bertz CT molecular complexity index is 1340. The van der Waals surface area contributed by atoms with Gasteiger partial charge in [0.25, 0.3) is 0 Å². The second kappa shape index (κ2) is 8.90. The molecule has 0 aliphatic carbocycles. The zero-order valence-electron chi connectivity index (χ0n) is 17.8. The first-order valence-corrected chi connectivity index (χ1v) is 10.1. The number of carbonyl (C=O) groups excluding carboxylic acids is 1. The number of aromatic nitrogens is 1. The summed E-state index contributed by atoms with van der Waals surface area (Å²) in [5, 5.41) is 13.5. The molecule has 0 unspecified atom stereocenters. The Balaban J connectivity index is 1.69. The lowest BCUT2D eigenvalue weighted by atomic mass is 9.97. The van der Waals surface area contributed by atoms with Crippen LogP contribution in [0, 0.1) is 11.3 Å². The summed E-state index contributed by atoms with van der Waals surface area (Å²) in [6, 6.07) is 21.9. The van der Waals surface area contributed by atoms with Crippen LogP contribution in [0.3, 0.4) is 0 Å². The number of aryl methyl sites for hydroxylation is 1. The number of nitriles is 1. The van der Waals surface area contributed by atoms with Gasteiger partial charge in [-0.3, -0.25) is 5.32 Å². The number of fused-ring (bicyclic) bond motifs is 1. The maximum atomic E-state index is 12.3. The fourth-order valence-corrected chi connectivity index (χ4v) is 3.73. The van der Waals surface area contributed by atoms with E-state index in [0.29, 0.717) is 29.0 Å². The average Bonchev–Trinajstić information content (AvgIpc) is 3.13. The van der Waals surface area contributed by atoms with Gasteiger partial charge in [0.05, 0.1) is 23.9 Å². The van der Waals surface area contributed by atoms with Crippen LogP contribution in [0.15, 0.2) is 66.7 Å². The van der Waals surface area contributed by atoms with E-state index in [-0.39, 0.29) is 0 Å². The van der Waals surface area contributed by atoms with Gasteiger partial charge in [0, 0.05) is 29.2 Å². The molecule has 1 N–H and O–H groups in total. The molecular weight excluding hydrogens is 401 g/mol. The van der Waals surface area contributed by atoms with E-state index in [0.717, 1.165) is 27.9 Å². The van der Waals surface area contributed by atoms with Crippen LogP contribution in [-0.4, -0.2) is 25.6 Å². The molecule has 1 amide bonds. The molecule has 1 heterocycles. The quantitative estimate of drug-likeness (QED) is 0.478. The van der Waals surface area contributed by atoms with E-state index in [2.05, 4.69) is 16.0 Å². The fraction of sp³-hybridized carbons (Fsp3) is 0.120. The van der Waals surface area contributed by atoms with Gasteiger partial charge in [-0.25, -0.2) is 4.79 Å². The zero-order valence-corrected chi connectivity index (χ0v) is 17.8. The molecule has 0 atom stereocenters. The highest BCUT2D eigenvalue weighted by molar-refractivity contribution is 6.32. The summed E-state index contributed by atoms with van der Waals surface area (Å²) in [5.74, 6) is 1.11. The standard InChI is InChI=1S/C25H20BN3O3/c1-3-29-23-14-20(31-2)11-12-21(23)22(15-27)24(29)16-5-4-6-18(13-16)28-25(30)32-19-9-7-17(26)8-10-19/h4-14H,3H2,1-2H3,(H,28,30). The summed E-state index contributed by atoms with van der Waals surface area (Å²) >= 11 is 0. The van der Waals surface area contributed by atoms with E-state index in [9.17, 15) is 10.1 Å². The summed E-state index contributed by atoms with van der Waals surface area (Å²) in [5.41, 5.74) is 4.23. The van der Waals surface area contributed by atoms with E-state index in [4.69, 9.17) is 17.3 Å². The van der Waals surface area contributed by atoms with Crippen LogP contribution in [-0.2, 0) is 6.54 Å². The van der Waals surface area contributed by atoms with Gasteiger partial charge < -0.3 is 14.0 Å². The zero-order chi connectivity index (χ0) is 22.7. The van der Waals surface area contributed by atoms with E-state index in [1.807, 2.05) is 43.3 Å². The molecule has 0 saturated carbocycles. The van der Waals surface area contributed by atoms with Gasteiger partial charge in [-0.05, 0) is 43.3 Å². The van der Waals surface area contributed by atoms with Crippen LogP contribution >= 0.6 is 0 Å². The third-order valence-electron chi connectivity index (χ3n) is 5.17. The lowest BCUT2D eigenvalue weighted by Crippen LogP contribution is -2.17. The molecule has 0 bridgehead atoms. The maximum Gasteiger partial charge on any atom is 0.417 e. The number of rotatable bonds is 5. The van der Waals surface area contributed by atoms with Crippen molar-refractivity contribution < 1.29 is 14.3 Å². The minimum absolute atomic E-state index is 0.389. The van der Waals surface area contributed by atoms with Crippen molar-refractivity contribution in [3.05, 3.63) is 72.3 Å². The number of nitrogens with zero attached hydrogens (tertiary/aromatic N) is 2. The molecule has 7 heteroatoms. The van der Waals surface area contributed by atoms with E-state index in [1.165, 1.54) is 0 Å². The number of ether oxygens (including phenoxy) is 2. The van der Waals surface area contributed by atoms with Crippen molar-refractivity contribution in [2.24, 2.45) is 0 Å². The van der Waals surface area contributed by atoms with Crippen molar-refractivity contribution in [2.45, 2.75) is 13.5 Å². The highest BCUT2D eigenvalue weighted by atomic mass is 16.6. The summed E-state index contributed by atoms with van der Waals surface area (Å²) in [7, 11) is 7.27. The second-order valence-corrected chi connectivity index (χ2v) is 7.13. The number of benzene rings is 3. The van der Waals surface area contributed by atoms with E-state index in [1.54, 1.807) is 37.4 Å². The predicted octanol–water partition coefficient (Wildman–Crippen LogP) is 4.61. The van der Waals surface area contributed by atoms with Crippen molar-refractivity contribution in [2.75, 3.05) is 12.4 Å². The van der Waals surface area contributed by atoms with Crippen molar-refractivity contribution in [1.29, 1.82) is 5.26 Å². The SMILES string of the molecule is [B]c1ccc(OC(=O)Nc2cccc(-c3c(C#N)c4ccc(OC)cc4n3CC)c2)cc1. The molecular formula is C25H20BN3O3. The van der Waals surface area contributed by atoms with Gasteiger partial charge in [-0.2, -0.15) is 5.26 Å². The molecule has 32 heavy (non-hydrogen) atoms. The van der Waals surface area contributed by atoms with Gasteiger partial charge in [0.1, 0.15) is 25.4 Å². The maximum absolute atomic E-state index is 12.3. The minimum Gasteiger partial charge on any atom is -0.497 e. The first-order chi connectivity index (χ1) is 15.5. The Morgan fingerprint density at radius 1 is 1.09 bits per heavy atom. The topological polar surface area (TPSA) is 76.3 Å². The molecule has 0 aliphatic heterocycles. The smallest absolute Gasteiger partial charge is 0.417 e. The fourth-order valence-electron chi connectivity index (χ4n) is 3.73. The molecule has 1 aromatic heterocycles. The molecule has 3 aromatic carbocycles. The number of nitrogens with one attached hydrogen (secondary N) is 1. The number of hydrogen-bond acceptors (Lipinski definition) is 4. The monoisotopic (exact) mass is 421 g/mol. The molecule has 4 rings (SSSR count). The summed E-state index contributed by atoms with van der Waals surface area (Å²) in [6.07, 6.45) is -0.617. The molecule has 156 valence electrons. The largest absolute Gasteiger partial charge is 0.497 e.